The molecule has 2 heterocycles. The van der Waals surface area contributed by atoms with Gasteiger partial charge in [-0.3, -0.25) is 9.80 Å². The minimum atomic E-state index is -1.08. The summed E-state index contributed by atoms with van der Waals surface area (Å²) < 4.78 is 6.71. The van der Waals surface area contributed by atoms with E-state index in [-0.39, 0.29) is 11.9 Å². The summed E-state index contributed by atoms with van der Waals surface area (Å²) in [7, 11) is -1.08. The molecule has 1 amide bonds. The molecular weight excluding hydrogens is 374 g/mol. The lowest BCUT2D eigenvalue weighted by atomic mass is 9.95. The van der Waals surface area contributed by atoms with E-state index in [1.54, 1.807) is 0 Å². The minimum Gasteiger partial charge on any atom is -0.360 e. The van der Waals surface area contributed by atoms with E-state index in [0.717, 1.165) is 33.9 Å². The van der Waals surface area contributed by atoms with Gasteiger partial charge in [0.25, 0.3) is 5.91 Å². The van der Waals surface area contributed by atoms with Crippen molar-refractivity contribution >= 4 is 35.6 Å². The van der Waals surface area contributed by atoms with Crippen LogP contribution in [0, 0.1) is 0 Å². The summed E-state index contributed by atoms with van der Waals surface area (Å²) in [5, 5.41) is 4.80. The van der Waals surface area contributed by atoms with Crippen LogP contribution in [-0.4, -0.2) is 32.3 Å². The molecule has 0 spiro atoms. The maximum Gasteiger partial charge on any atom is 0.255 e. The van der Waals surface area contributed by atoms with E-state index in [0.29, 0.717) is 6.73 Å². The van der Waals surface area contributed by atoms with Crippen molar-refractivity contribution in [2.45, 2.75) is 31.7 Å². The molecule has 7 heteroatoms. The summed E-state index contributed by atoms with van der Waals surface area (Å²) >= 11 is 3.44. The Kier molecular flexibility index (Phi) is 4.64. The Labute approximate surface area is 146 Å². The largest absolute Gasteiger partial charge is 0.360 e. The maximum atomic E-state index is 12.3. The number of hydrogen-bond donors (Lipinski definition) is 2. The lowest BCUT2D eigenvalue weighted by Gasteiger charge is -2.26. The normalized spacial score (nSPS) is 20.0. The van der Waals surface area contributed by atoms with E-state index in [2.05, 4.69) is 46.3 Å². The highest BCUT2D eigenvalue weighted by molar-refractivity contribution is 9.10. The SMILES string of the molecule is C[Si](C)(C)CCOCN1C=C2C(=O)Nc3cc(Br)ccc3C2N1. The number of rotatable bonds is 5. The number of halogens is 1. The third kappa shape index (κ3) is 3.85. The summed E-state index contributed by atoms with van der Waals surface area (Å²) in [4.78, 5) is 12.3. The number of carbonyl (C=O) groups excluding carboxylic acids is 1. The second-order valence-corrected chi connectivity index (χ2v) is 13.7. The average molecular weight is 396 g/mol. The quantitative estimate of drug-likeness (QED) is 0.591. The second kappa shape index (κ2) is 6.39. The van der Waals surface area contributed by atoms with E-state index in [9.17, 15) is 4.79 Å². The van der Waals surface area contributed by atoms with Gasteiger partial charge in [-0.1, -0.05) is 41.6 Å². The molecule has 2 N–H and O–H groups in total. The van der Waals surface area contributed by atoms with Gasteiger partial charge in [-0.15, -0.1) is 0 Å². The first-order chi connectivity index (χ1) is 10.8. The lowest BCUT2D eigenvalue weighted by molar-refractivity contribution is -0.113. The molecule has 2 aliphatic heterocycles. The van der Waals surface area contributed by atoms with Gasteiger partial charge < -0.3 is 10.1 Å². The molecule has 0 saturated carbocycles. The van der Waals surface area contributed by atoms with Gasteiger partial charge in [0, 0.05) is 31.0 Å². The first kappa shape index (κ1) is 16.7. The van der Waals surface area contributed by atoms with Crippen molar-refractivity contribution in [2.24, 2.45) is 0 Å². The van der Waals surface area contributed by atoms with Crippen molar-refractivity contribution in [2.75, 3.05) is 18.7 Å². The van der Waals surface area contributed by atoms with E-state index in [1.807, 2.05) is 29.4 Å². The topological polar surface area (TPSA) is 53.6 Å². The number of hydrogen-bond acceptors (Lipinski definition) is 4. The molecule has 2 aliphatic rings. The molecule has 0 bridgehead atoms. The highest BCUT2D eigenvalue weighted by Crippen LogP contribution is 2.38. The molecule has 0 saturated heterocycles. The van der Waals surface area contributed by atoms with Crippen LogP contribution < -0.4 is 10.7 Å². The Hall–Kier alpha value is -1.15. The summed E-state index contributed by atoms with van der Waals surface area (Å²) in [5.74, 6) is -0.0577. The van der Waals surface area contributed by atoms with Gasteiger partial charge in [-0.25, -0.2) is 5.43 Å². The molecule has 0 fully saturated rings. The molecule has 0 aliphatic carbocycles. The van der Waals surface area contributed by atoms with Gasteiger partial charge in [-0.2, -0.15) is 0 Å². The molecule has 0 aromatic heterocycles. The van der Waals surface area contributed by atoms with E-state index < -0.39 is 8.07 Å². The first-order valence-corrected chi connectivity index (χ1v) is 12.3. The van der Waals surface area contributed by atoms with Crippen LogP contribution in [0.25, 0.3) is 0 Å². The Morgan fingerprint density at radius 2 is 2.13 bits per heavy atom. The van der Waals surface area contributed by atoms with Crippen LogP contribution in [0.3, 0.4) is 0 Å². The highest BCUT2D eigenvalue weighted by atomic mass is 79.9. The molecule has 1 aromatic rings. The van der Waals surface area contributed by atoms with Crippen molar-refractivity contribution in [1.29, 1.82) is 0 Å². The van der Waals surface area contributed by atoms with Crippen molar-refractivity contribution in [3.8, 4) is 0 Å². The Bertz CT molecular complexity index is 657. The molecule has 5 nitrogen and oxygen atoms in total. The molecule has 1 atom stereocenters. The monoisotopic (exact) mass is 395 g/mol. The van der Waals surface area contributed by atoms with E-state index in [4.69, 9.17) is 4.74 Å². The van der Waals surface area contributed by atoms with Crippen molar-refractivity contribution in [3.63, 3.8) is 0 Å². The summed E-state index contributed by atoms with van der Waals surface area (Å²) in [6.07, 6.45) is 1.85. The summed E-state index contributed by atoms with van der Waals surface area (Å²) in [6.45, 7) is 8.21. The molecule has 1 unspecified atom stereocenters. The Balaban J connectivity index is 1.65. The van der Waals surface area contributed by atoms with E-state index >= 15 is 0 Å². The van der Waals surface area contributed by atoms with E-state index in [1.165, 1.54) is 0 Å². The lowest BCUT2D eigenvalue weighted by Crippen LogP contribution is -2.36. The molecule has 0 radical (unpaired) electrons. The molecule has 1 aromatic carbocycles. The van der Waals surface area contributed by atoms with Crippen molar-refractivity contribution in [3.05, 3.63) is 40.0 Å². The third-order valence-corrected chi connectivity index (χ3v) is 6.16. The second-order valence-electron chi connectivity index (χ2n) is 7.15. The number of anilines is 1. The fraction of sp³-hybridized carbons (Fsp3) is 0.438. The van der Waals surface area contributed by atoms with Crippen molar-refractivity contribution < 1.29 is 9.53 Å². The van der Waals surface area contributed by atoms with Crippen LogP contribution in [0.4, 0.5) is 5.69 Å². The minimum absolute atomic E-state index is 0.0577. The maximum absolute atomic E-state index is 12.3. The number of nitrogens with one attached hydrogen (secondary N) is 2. The predicted octanol–water partition coefficient (Wildman–Crippen LogP) is 3.46. The Morgan fingerprint density at radius 1 is 1.35 bits per heavy atom. The number of hydrazine groups is 1. The molecule has 3 rings (SSSR count). The number of benzene rings is 1. The average Bonchev–Trinajstić information content (AvgIpc) is 2.87. The predicted molar refractivity (Wildman–Crippen MR) is 97.5 cm³/mol. The van der Waals surface area contributed by atoms with Gasteiger partial charge in [-0.05, 0) is 23.7 Å². The zero-order chi connectivity index (χ0) is 16.6. The highest BCUT2D eigenvalue weighted by Gasteiger charge is 2.35. The van der Waals surface area contributed by atoms with Crippen LogP contribution in [0.15, 0.2) is 34.4 Å². The zero-order valence-electron chi connectivity index (χ0n) is 13.6. The molecule has 124 valence electrons. The number of nitrogens with zero attached hydrogens (tertiary/aromatic N) is 1. The standard InChI is InChI=1S/C16H22BrN3O2Si/c1-23(2,3)7-6-22-10-20-9-13-15(19-20)12-5-4-11(17)8-14(12)18-16(13)21/h4-5,8-9,15,19H,6-7,10H2,1-3H3,(H,18,21). The van der Waals surface area contributed by atoms with Gasteiger partial charge in [0.1, 0.15) is 6.73 Å². The van der Waals surface area contributed by atoms with Gasteiger partial charge in [0.15, 0.2) is 0 Å². The third-order valence-electron chi connectivity index (χ3n) is 3.96. The number of amides is 1. The van der Waals surface area contributed by atoms with Crippen LogP contribution >= 0.6 is 15.9 Å². The molecule has 23 heavy (non-hydrogen) atoms. The Morgan fingerprint density at radius 3 is 2.87 bits per heavy atom. The van der Waals surface area contributed by atoms with Gasteiger partial charge >= 0.3 is 0 Å². The number of fused-ring (bicyclic) bond motifs is 3. The van der Waals surface area contributed by atoms with Gasteiger partial charge in [0.05, 0.1) is 11.6 Å². The zero-order valence-corrected chi connectivity index (χ0v) is 16.2. The molecular formula is C16H22BrN3O2Si. The van der Waals surface area contributed by atoms with Crippen LogP contribution in [-0.2, 0) is 9.53 Å². The number of carbonyl (C=O) groups is 1. The summed E-state index contributed by atoms with van der Waals surface area (Å²) in [6, 6.07) is 6.98. The first-order valence-electron chi connectivity index (χ1n) is 7.76. The van der Waals surface area contributed by atoms with Crippen LogP contribution in [0.5, 0.6) is 0 Å². The van der Waals surface area contributed by atoms with Crippen LogP contribution in [0.1, 0.15) is 11.6 Å². The van der Waals surface area contributed by atoms with Crippen molar-refractivity contribution in [1.82, 2.24) is 10.4 Å². The van der Waals surface area contributed by atoms with Crippen LogP contribution in [0.2, 0.25) is 25.7 Å². The fourth-order valence-corrected chi connectivity index (χ4v) is 3.76. The smallest absolute Gasteiger partial charge is 0.255 e. The fourth-order valence-electron chi connectivity index (χ4n) is 2.64. The van der Waals surface area contributed by atoms with Gasteiger partial charge in [0.2, 0.25) is 0 Å². The number of ether oxygens (including phenoxy) is 1. The summed E-state index contributed by atoms with van der Waals surface area (Å²) in [5.41, 5.74) is 6.00.